The van der Waals surface area contributed by atoms with E-state index >= 15 is 0 Å². The zero-order chi connectivity index (χ0) is 24.5. The third kappa shape index (κ3) is 4.44. The third-order valence-corrected chi connectivity index (χ3v) is 8.32. The first-order valence-corrected chi connectivity index (χ1v) is 12.6. The number of carbonyl (C=O) groups is 1. The minimum Gasteiger partial charge on any atom is -0.495 e. The summed E-state index contributed by atoms with van der Waals surface area (Å²) < 4.78 is 39.4. The molecule has 0 aliphatic heterocycles. The molecular weight excluding hydrogens is 472 g/mol. The van der Waals surface area contributed by atoms with Gasteiger partial charge in [-0.25, -0.2) is 8.42 Å². The van der Waals surface area contributed by atoms with Gasteiger partial charge in [0, 0.05) is 11.7 Å². The van der Waals surface area contributed by atoms with Crippen molar-refractivity contribution < 1.29 is 22.7 Å². The summed E-state index contributed by atoms with van der Waals surface area (Å²) in [5.74, 6) is 0.583. The molecule has 0 fully saturated rings. The Hall–Kier alpha value is -3.56. The number of ether oxygens (including phenoxy) is 2. The van der Waals surface area contributed by atoms with Gasteiger partial charge in [0.25, 0.3) is 15.9 Å². The van der Waals surface area contributed by atoms with Gasteiger partial charge in [0.05, 0.1) is 30.5 Å². The van der Waals surface area contributed by atoms with Crippen LogP contribution in [-0.2, 0) is 10.0 Å². The number of rotatable bonds is 7. The SMILES string of the molecule is COc1ccccc1NC(=O)c1cc2cc(N(C)S(=O)(=O)c3cc(C)ccc3OC)ccc2s1. The van der Waals surface area contributed by atoms with Crippen molar-refractivity contribution in [2.45, 2.75) is 11.8 Å². The van der Waals surface area contributed by atoms with Crippen LogP contribution in [-0.4, -0.2) is 35.6 Å². The van der Waals surface area contributed by atoms with Gasteiger partial charge in [-0.1, -0.05) is 18.2 Å². The number of thiophene rings is 1. The van der Waals surface area contributed by atoms with Gasteiger partial charge in [-0.05, 0) is 66.4 Å². The first-order valence-electron chi connectivity index (χ1n) is 10.4. The van der Waals surface area contributed by atoms with Crippen LogP contribution in [0.1, 0.15) is 15.2 Å². The Labute approximate surface area is 202 Å². The normalized spacial score (nSPS) is 11.3. The minimum absolute atomic E-state index is 0.0970. The summed E-state index contributed by atoms with van der Waals surface area (Å²) in [5.41, 5.74) is 1.86. The van der Waals surface area contributed by atoms with Crippen molar-refractivity contribution in [2.75, 3.05) is 30.9 Å². The van der Waals surface area contributed by atoms with Crippen molar-refractivity contribution in [3.63, 3.8) is 0 Å². The van der Waals surface area contributed by atoms with Crippen molar-refractivity contribution in [3.8, 4) is 11.5 Å². The summed E-state index contributed by atoms with van der Waals surface area (Å²) in [4.78, 5) is 13.4. The number of amides is 1. The Bertz CT molecular complexity index is 1480. The highest BCUT2D eigenvalue weighted by atomic mass is 32.2. The van der Waals surface area contributed by atoms with Crippen LogP contribution in [0, 0.1) is 6.92 Å². The molecule has 1 heterocycles. The van der Waals surface area contributed by atoms with E-state index in [4.69, 9.17) is 9.47 Å². The topological polar surface area (TPSA) is 84.9 Å². The summed E-state index contributed by atoms with van der Waals surface area (Å²) in [6.07, 6.45) is 0. The summed E-state index contributed by atoms with van der Waals surface area (Å²) in [6, 6.07) is 19.3. The highest BCUT2D eigenvalue weighted by Gasteiger charge is 2.26. The fourth-order valence-corrected chi connectivity index (χ4v) is 5.91. The second-order valence-corrected chi connectivity index (χ2v) is 10.6. The second-order valence-electron chi connectivity index (χ2n) is 7.61. The van der Waals surface area contributed by atoms with Crippen molar-refractivity contribution in [1.29, 1.82) is 0 Å². The number of hydrogen-bond acceptors (Lipinski definition) is 6. The van der Waals surface area contributed by atoms with Gasteiger partial charge in [-0.3, -0.25) is 9.10 Å². The van der Waals surface area contributed by atoms with Gasteiger partial charge >= 0.3 is 0 Å². The van der Waals surface area contributed by atoms with Crippen molar-refractivity contribution in [1.82, 2.24) is 0 Å². The largest absolute Gasteiger partial charge is 0.495 e. The maximum atomic E-state index is 13.4. The number of nitrogens with one attached hydrogen (secondary N) is 1. The number of para-hydroxylation sites is 2. The number of nitrogens with zero attached hydrogens (tertiary/aromatic N) is 1. The van der Waals surface area contributed by atoms with E-state index in [2.05, 4.69) is 5.32 Å². The predicted octanol–water partition coefficient (Wildman–Crippen LogP) is 5.30. The first-order chi connectivity index (χ1) is 16.2. The zero-order valence-electron chi connectivity index (χ0n) is 19.2. The molecule has 0 unspecified atom stereocenters. The molecule has 0 aliphatic rings. The number of carbonyl (C=O) groups excluding carboxylic acids is 1. The van der Waals surface area contributed by atoms with E-state index in [1.807, 2.05) is 25.1 Å². The number of sulfonamides is 1. The van der Waals surface area contributed by atoms with Gasteiger partial charge in [-0.2, -0.15) is 0 Å². The maximum absolute atomic E-state index is 13.4. The Morgan fingerprint density at radius 2 is 1.68 bits per heavy atom. The van der Waals surface area contributed by atoms with Gasteiger partial charge in [0.15, 0.2) is 0 Å². The van der Waals surface area contributed by atoms with Crippen LogP contribution in [0.15, 0.2) is 71.6 Å². The standard InChI is InChI=1S/C25H24N2O5S2/c1-16-9-11-21(32-4)24(13-16)34(29,30)27(2)18-10-12-22-17(14-18)15-23(33-22)25(28)26-19-7-5-6-8-20(19)31-3/h5-15H,1-4H3,(H,26,28). The van der Waals surface area contributed by atoms with Crippen molar-refractivity contribution in [2.24, 2.45) is 0 Å². The quantitative estimate of drug-likeness (QED) is 0.375. The predicted molar refractivity (Wildman–Crippen MR) is 136 cm³/mol. The van der Waals surface area contributed by atoms with Gasteiger partial charge in [-0.15, -0.1) is 11.3 Å². The van der Waals surface area contributed by atoms with Crippen LogP contribution >= 0.6 is 11.3 Å². The van der Waals surface area contributed by atoms with E-state index in [1.54, 1.807) is 55.6 Å². The molecule has 4 aromatic rings. The summed E-state index contributed by atoms with van der Waals surface area (Å²) in [7, 11) is 0.622. The molecule has 176 valence electrons. The lowest BCUT2D eigenvalue weighted by atomic mass is 10.2. The highest BCUT2D eigenvalue weighted by Crippen LogP contribution is 2.34. The van der Waals surface area contributed by atoms with Crippen LogP contribution in [0.4, 0.5) is 11.4 Å². The molecule has 34 heavy (non-hydrogen) atoms. The zero-order valence-corrected chi connectivity index (χ0v) is 20.8. The average molecular weight is 497 g/mol. The van der Waals surface area contributed by atoms with E-state index in [-0.39, 0.29) is 16.6 Å². The number of hydrogen-bond donors (Lipinski definition) is 1. The van der Waals surface area contributed by atoms with Crippen LogP contribution in [0.25, 0.3) is 10.1 Å². The van der Waals surface area contributed by atoms with Gasteiger partial charge < -0.3 is 14.8 Å². The molecule has 1 amide bonds. The number of anilines is 2. The van der Waals surface area contributed by atoms with E-state index in [9.17, 15) is 13.2 Å². The highest BCUT2D eigenvalue weighted by molar-refractivity contribution is 7.93. The molecule has 1 aromatic heterocycles. The maximum Gasteiger partial charge on any atom is 0.267 e. The average Bonchev–Trinajstić information content (AvgIpc) is 3.27. The molecule has 9 heteroatoms. The lowest BCUT2D eigenvalue weighted by Gasteiger charge is -2.21. The molecule has 0 radical (unpaired) electrons. The number of benzene rings is 3. The van der Waals surface area contributed by atoms with Crippen LogP contribution in [0.5, 0.6) is 11.5 Å². The number of methoxy groups -OCH3 is 2. The number of aryl methyl sites for hydroxylation is 1. The van der Waals surface area contributed by atoms with Crippen LogP contribution in [0.2, 0.25) is 0 Å². The molecule has 0 saturated heterocycles. The number of fused-ring (bicyclic) bond motifs is 1. The van der Waals surface area contributed by atoms with Crippen molar-refractivity contribution >= 4 is 48.7 Å². The molecule has 0 aliphatic carbocycles. The van der Waals surface area contributed by atoms with Crippen LogP contribution < -0.4 is 19.1 Å². The smallest absolute Gasteiger partial charge is 0.267 e. The minimum atomic E-state index is -3.87. The Kier molecular flexibility index (Phi) is 6.49. The lowest BCUT2D eigenvalue weighted by molar-refractivity contribution is 0.103. The Morgan fingerprint density at radius 3 is 2.41 bits per heavy atom. The van der Waals surface area contributed by atoms with E-state index in [0.29, 0.717) is 22.0 Å². The second kappa shape index (κ2) is 9.36. The molecule has 0 spiro atoms. The molecule has 4 rings (SSSR count). The lowest BCUT2D eigenvalue weighted by Crippen LogP contribution is -2.27. The van der Waals surface area contributed by atoms with Gasteiger partial charge in [0.1, 0.15) is 16.4 Å². The van der Waals surface area contributed by atoms with E-state index < -0.39 is 10.0 Å². The van der Waals surface area contributed by atoms with E-state index in [1.165, 1.54) is 29.8 Å². The first kappa shape index (κ1) is 23.6. The summed E-state index contributed by atoms with van der Waals surface area (Å²) in [6.45, 7) is 1.83. The fourth-order valence-electron chi connectivity index (χ4n) is 3.54. The molecule has 1 N–H and O–H groups in total. The molecule has 0 saturated carbocycles. The summed E-state index contributed by atoms with van der Waals surface area (Å²) >= 11 is 1.33. The van der Waals surface area contributed by atoms with Crippen molar-refractivity contribution in [3.05, 3.63) is 77.2 Å². The van der Waals surface area contributed by atoms with E-state index in [0.717, 1.165) is 15.6 Å². The fraction of sp³-hybridized carbons (Fsp3) is 0.160. The molecule has 7 nitrogen and oxygen atoms in total. The van der Waals surface area contributed by atoms with Gasteiger partial charge in [0.2, 0.25) is 0 Å². The monoisotopic (exact) mass is 496 g/mol. The van der Waals surface area contributed by atoms with Crippen LogP contribution in [0.3, 0.4) is 0 Å². The Balaban J connectivity index is 1.64. The molecule has 0 bridgehead atoms. The summed E-state index contributed by atoms with van der Waals surface area (Å²) in [5, 5.41) is 3.64. The Morgan fingerprint density at radius 1 is 0.941 bits per heavy atom. The molecule has 3 aromatic carbocycles. The molecular formula is C25H24N2O5S2. The third-order valence-electron chi connectivity index (χ3n) is 5.40. The molecule has 0 atom stereocenters.